The van der Waals surface area contributed by atoms with Gasteiger partial charge in [0.1, 0.15) is 0 Å². The maximum absolute atomic E-state index is 5.29. The number of rotatable bonds is 8. The van der Waals surface area contributed by atoms with E-state index in [4.69, 9.17) is 4.74 Å². The molecule has 0 atom stereocenters. The third-order valence-corrected chi connectivity index (χ3v) is 2.44. The summed E-state index contributed by atoms with van der Waals surface area (Å²) < 4.78 is 5.29. The number of nitrogens with zero attached hydrogens (tertiary/aromatic N) is 1. The summed E-state index contributed by atoms with van der Waals surface area (Å²) in [6.07, 6.45) is 2.33. The van der Waals surface area contributed by atoms with Crippen molar-refractivity contribution in [1.82, 2.24) is 10.6 Å². The molecule has 0 heterocycles. The van der Waals surface area contributed by atoms with Gasteiger partial charge in [0.25, 0.3) is 0 Å². The van der Waals surface area contributed by atoms with E-state index in [0.29, 0.717) is 5.41 Å². The fourth-order valence-corrected chi connectivity index (χ4v) is 1.53. The Morgan fingerprint density at radius 2 is 1.89 bits per heavy atom. The van der Waals surface area contributed by atoms with Crippen molar-refractivity contribution in [3.63, 3.8) is 0 Å². The van der Waals surface area contributed by atoms with Gasteiger partial charge in [-0.15, -0.1) is 0 Å². The zero-order chi connectivity index (χ0) is 13.9. The largest absolute Gasteiger partial charge is 0.380 e. The minimum absolute atomic E-state index is 0.399. The molecular weight excluding hydrogens is 226 g/mol. The number of ether oxygens (including phenoxy) is 1. The van der Waals surface area contributed by atoms with Gasteiger partial charge >= 0.3 is 0 Å². The third-order valence-electron chi connectivity index (χ3n) is 2.44. The van der Waals surface area contributed by atoms with E-state index in [2.05, 4.69) is 43.3 Å². The molecule has 0 amide bonds. The zero-order valence-electron chi connectivity index (χ0n) is 12.8. The van der Waals surface area contributed by atoms with Gasteiger partial charge in [0.15, 0.2) is 5.96 Å². The summed E-state index contributed by atoms with van der Waals surface area (Å²) in [7, 11) is 0. The van der Waals surface area contributed by atoms with Crippen LogP contribution in [0.25, 0.3) is 0 Å². The topological polar surface area (TPSA) is 45.7 Å². The van der Waals surface area contributed by atoms with E-state index in [1.54, 1.807) is 0 Å². The standard InChI is InChI=1S/C14H31N3O/c1-6-15-13(17-11-12-18-7-2)16-10-8-9-14(3,4)5/h6-12H2,1-5H3,(H2,15,16,17). The summed E-state index contributed by atoms with van der Waals surface area (Å²) in [5, 5.41) is 6.51. The van der Waals surface area contributed by atoms with Crippen LogP contribution in [0.1, 0.15) is 47.5 Å². The van der Waals surface area contributed by atoms with Crippen LogP contribution < -0.4 is 10.6 Å². The Labute approximate surface area is 113 Å². The van der Waals surface area contributed by atoms with Crippen molar-refractivity contribution in [3.05, 3.63) is 0 Å². The molecule has 0 fully saturated rings. The van der Waals surface area contributed by atoms with Gasteiger partial charge in [-0.25, -0.2) is 0 Å². The number of hydrogen-bond acceptors (Lipinski definition) is 2. The highest BCUT2D eigenvalue weighted by atomic mass is 16.5. The van der Waals surface area contributed by atoms with Gasteiger partial charge in [0.2, 0.25) is 0 Å². The first-order valence-corrected chi connectivity index (χ1v) is 7.09. The molecule has 4 nitrogen and oxygen atoms in total. The van der Waals surface area contributed by atoms with Crippen molar-refractivity contribution in [3.8, 4) is 0 Å². The summed E-state index contributed by atoms with van der Waals surface area (Å²) in [6.45, 7) is 14.9. The molecule has 0 unspecified atom stereocenters. The fraction of sp³-hybridized carbons (Fsp3) is 0.929. The van der Waals surface area contributed by atoms with Gasteiger partial charge in [-0.2, -0.15) is 0 Å². The maximum atomic E-state index is 5.29. The quantitative estimate of drug-likeness (QED) is 0.399. The van der Waals surface area contributed by atoms with Crippen LogP contribution in [0.2, 0.25) is 0 Å². The lowest BCUT2D eigenvalue weighted by Crippen LogP contribution is -2.39. The Kier molecular flexibility index (Phi) is 9.74. The van der Waals surface area contributed by atoms with Gasteiger partial charge in [0, 0.05) is 26.2 Å². The van der Waals surface area contributed by atoms with Crippen LogP contribution in [0.4, 0.5) is 0 Å². The van der Waals surface area contributed by atoms with Crippen molar-refractivity contribution < 1.29 is 4.74 Å². The smallest absolute Gasteiger partial charge is 0.191 e. The second kappa shape index (κ2) is 10.2. The Morgan fingerprint density at radius 1 is 1.17 bits per heavy atom. The van der Waals surface area contributed by atoms with Crippen LogP contribution in [0.3, 0.4) is 0 Å². The van der Waals surface area contributed by atoms with E-state index < -0.39 is 0 Å². The third kappa shape index (κ3) is 11.7. The number of nitrogens with one attached hydrogen (secondary N) is 2. The zero-order valence-corrected chi connectivity index (χ0v) is 12.8. The Morgan fingerprint density at radius 3 is 2.44 bits per heavy atom. The molecule has 0 aromatic heterocycles. The van der Waals surface area contributed by atoms with E-state index in [9.17, 15) is 0 Å². The Hall–Kier alpha value is -0.770. The van der Waals surface area contributed by atoms with E-state index >= 15 is 0 Å². The highest BCUT2D eigenvalue weighted by molar-refractivity contribution is 5.79. The molecule has 0 aromatic rings. The molecule has 0 rings (SSSR count). The summed E-state index contributed by atoms with van der Waals surface area (Å²) >= 11 is 0. The lowest BCUT2D eigenvalue weighted by Gasteiger charge is -2.17. The Bertz CT molecular complexity index is 222. The van der Waals surface area contributed by atoms with Crippen LogP contribution in [0.15, 0.2) is 4.99 Å². The van der Waals surface area contributed by atoms with Gasteiger partial charge in [0.05, 0.1) is 6.61 Å². The molecule has 0 aliphatic rings. The van der Waals surface area contributed by atoms with Gasteiger partial charge < -0.3 is 15.4 Å². The number of aliphatic imine (C=N–C) groups is 1. The van der Waals surface area contributed by atoms with E-state index in [1.165, 1.54) is 6.42 Å². The average Bonchev–Trinajstić information content (AvgIpc) is 2.28. The van der Waals surface area contributed by atoms with Crippen molar-refractivity contribution in [2.24, 2.45) is 10.4 Å². The predicted molar refractivity (Wildman–Crippen MR) is 79.2 cm³/mol. The summed E-state index contributed by atoms with van der Waals surface area (Å²) in [5.41, 5.74) is 0.399. The molecule has 0 aromatic carbocycles. The molecule has 18 heavy (non-hydrogen) atoms. The first-order chi connectivity index (χ1) is 8.49. The lowest BCUT2D eigenvalue weighted by atomic mass is 9.91. The second-order valence-electron chi connectivity index (χ2n) is 5.55. The SMILES string of the molecule is CCNC(=NCCCC(C)(C)C)NCCOCC. The number of hydrogen-bond donors (Lipinski definition) is 2. The minimum atomic E-state index is 0.399. The lowest BCUT2D eigenvalue weighted by molar-refractivity contribution is 0.152. The first-order valence-electron chi connectivity index (χ1n) is 7.09. The molecule has 108 valence electrons. The summed E-state index contributed by atoms with van der Waals surface area (Å²) in [5.74, 6) is 0.895. The molecule has 2 N–H and O–H groups in total. The second-order valence-corrected chi connectivity index (χ2v) is 5.55. The van der Waals surface area contributed by atoms with Crippen LogP contribution in [0.5, 0.6) is 0 Å². The predicted octanol–water partition coefficient (Wildman–Crippen LogP) is 2.40. The van der Waals surface area contributed by atoms with Crippen molar-refractivity contribution in [1.29, 1.82) is 0 Å². The molecule has 0 aliphatic carbocycles. The highest BCUT2D eigenvalue weighted by Crippen LogP contribution is 2.20. The minimum Gasteiger partial charge on any atom is -0.380 e. The van der Waals surface area contributed by atoms with E-state index in [1.807, 2.05) is 6.92 Å². The molecule has 0 bridgehead atoms. The normalized spacial score (nSPS) is 12.6. The molecule has 0 aliphatic heterocycles. The van der Waals surface area contributed by atoms with Gasteiger partial charge in [-0.3, -0.25) is 4.99 Å². The summed E-state index contributed by atoms with van der Waals surface area (Å²) in [4.78, 5) is 4.55. The fourth-order valence-electron chi connectivity index (χ4n) is 1.53. The van der Waals surface area contributed by atoms with Crippen molar-refractivity contribution >= 4 is 5.96 Å². The monoisotopic (exact) mass is 257 g/mol. The van der Waals surface area contributed by atoms with E-state index in [0.717, 1.165) is 45.2 Å². The first kappa shape index (κ1) is 17.2. The van der Waals surface area contributed by atoms with Crippen molar-refractivity contribution in [2.75, 3.05) is 32.8 Å². The molecule has 0 saturated heterocycles. The van der Waals surface area contributed by atoms with E-state index in [-0.39, 0.29) is 0 Å². The highest BCUT2D eigenvalue weighted by Gasteiger charge is 2.08. The maximum Gasteiger partial charge on any atom is 0.191 e. The molecular formula is C14H31N3O. The molecule has 0 radical (unpaired) electrons. The Balaban J connectivity index is 3.84. The van der Waals surface area contributed by atoms with Crippen LogP contribution >= 0.6 is 0 Å². The number of guanidine groups is 1. The van der Waals surface area contributed by atoms with Crippen LogP contribution in [0, 0.1) is 5.41 Å². The van der Waals surface area contributed by atoms with Gasteiger partial charge in [-0.05, 0) is 32.1 Å². The van der Waals surface area contributed by atoms with Crippen molar-refractivity contribution in [2.45, 2.75) is 47.5 Å². The molecule has 4 heteroatoms. The van der Waals surface area contributed by atoms with Crippen LogP contribution in [-0.4, -0.2) is 38.8 Å². The molecule has 0 saturated carbocycles. The average molecular weight is 257 g/mol. The summed E-state index contributed by atoms with van der Waals surface area (Å²) in [6, 6.07) is 0. The van der Waals surface area contributed by atoms with Crippen LogP contribution in [-0.2, 0) is 4.74 Å². The molecule has 0 spiro atoms. The van der Waals surface area contributed by atoms with Gasteiger partial charge in [-0.1, -0.05) is 20.8 Å².